The van der Waals surface area contributed by atoms with E-state index in [4.69, 9.17) is 24.2 Å². The van der Waals surface area contributed by atoms with Crippen LogP contribution >= 0.6 is 0 Å². The molecule has 12 nitrogen and oxygen atoms in total. The first-order valence-corrected chi connectivity index (χ1v) is 8.68. The number of carbonyl (C=O) groups excluding carboxylic acids is 3. The highest BCUT2D eigenvalue weighted by Gasteiger charge is 2.55. The van der Waals surface area contributed by atoms with Crippen LogP contribution in [-0.4, -0.2) is 57.6 Å². The summed E-state index contributed by atoms with van der Waals surface area (Å²) in [5.74, 6) is -2.55. The van der Waals surface area contributed by atoms with Crippen molar-refractivity contribution in [3.63, 3.8) is 0 Å². The summed E-state index contributed by atoms with van der Waals surface area (Å²) in [4.78, 5) is 50.8. The van der Waals surface area contributed by atoms with Crippen molar-refractivity contribution in [2.45, 2.75) is 43.8 Å². The van der Waals surface area contributed by atoms with Gasteiger partial charge in [0.15, 0.2) is 24.3 Å². The molecule has 4 rings (SSSR count). The van der Waals surface area contributed by atoms with Crippen molar-refractivity contribution in [2.24, 2.45) is 5.92 Å². The lowest BCUT2D eigenvalue weighted by Gasteiger charge is -2.27. The fraction of sp³-hybridized carbons (Fsp3) is 0.562. The zero-order valence-corrected chi connectivity index (χ0v) is 14.5. The Labute approximate surface area is 157 Å². The predicted molar refractivity (Wildman–Crippen MR) is 85.9 cm³/mol. The first-order chi connectivity index (χ1) is 13.5. The SMILES string of the molecule is O=C(CC1CC1)OC[C@H]1O[C@@H](n2ccc(NO)nc2=O)C2OC(=O)C(=O)OC21. The van der Waals surface area contributed by atoms with E-state index >= 15 is 0 Å². The number of ether oxygens (including phenoxy) is 4. The maximum atomic E-state index is 12.2. The lowest BCUT2D eigenvalue weighted by atomic mass is 10.1. The second-order valence-electron chi connectivity index (χ2n) is 6.75. The Morgan fingerprint density at radius 1 is 1.25 bits per heavy atom. The van der Waals surface area contributed by atoms with Gasteiger partial charge in [0.1, 0.15) is 12.7 Å². The maximum Gasteiger partial charge on any atom is 0.418 e. The van der Waals surface area contributed by atoms with E-state index in [1.54, 1.807) is 5.48 Å². The van der Waals surface area contributed by atoms with Gasteiger partial charge < -0.3 is 18.9 Å². The van der Waals surface area contributed by atoms with Gasteiger partial charge in [-0.25, -0.2) is 14.4 Å². The van der Waals surface area contributed by atoms with Crippen LogP contribution < -0.4 is 11.2 Å². The third kappa shape index (κ3) is 3.55. The van der Waals surface area contributed by atoms with E-state index in [-0.39, 0.29) is 12.4 Å². The van der Waals surface area contributed by atoms with Crippen LogP contribution in [0, 0.1) is 5.92 Å². The lowest BCUT2D eigenvalue weighted by molar-refractivity contribution is -0.195. The van der Waals surface area contributed by atoms with Crippen LogP contribution in [0.2, 0.25) is 0 Å². The molecule has 28 heavy (non-hydrogen) atoms. The number of fused-ring (bicyclic) bond motifs is 1. The largest absolute Gasteiger partial charge is 0.463 e. The average molecular weight is 395 g/mol. The molecule has 1 aromatic rings. The number of anilines is 1. The van der Waals surface area contributed by atoms with Crippen LogP contribution in [0.1, 0.15) is 25.5 Å². The molecule has 2 unspecified atom stereocenters. The maximum absolute atomic E-state index is 12.2. The van der Waals surface area contributed by atoms with Crippen LogP contribution in [0.15, 0.2) is 17.1 Å². The fourth-order valence-electron chi connectivity index (χ4n) is 3.14. The number of rotatable bonds is 6. The van der Waals surface area contributed by atoms with Gasteiger partial charge in [0, 0.05) is 12.6 Å². The number of nitrogens with one attached hydrogen (secondary N) is 1. The normalized spacial score (nSPS) is 28.9. The smallest absolute Gasteiger partial charge is 0.418 e. The third-order valence-corrected chi connectivity index (χ3v) is 4.72. The minimum absolute atomic E-state index is 0.0894. The number of carbonyl (C=O) groups is 3. The molecule has 4 atom stereocenters. The number of esters is 3. The highest BCUT2D eigenvalue weighted by Crippen LogP contribution is 2.36. The van der Waals surface area contributed by atoms with Gasteiger partial charge in [-0.15, -0.1) is 0 Å². The van der Waals surface area contributed by atoms with E-state index in [0.29, 0.717) is 12.3 Å². The van der Waals surface area contributed by atoms with E-state index in [2.05, 4.69) is 4.98 Å². The van der Waals surface area contributed by atoms with Crippen LogP contribution in [0.5, 0.6) is 0 Å². The molecule has 3 fully saturated rings. The summed E-state index contributed by atoms with van der Waals surface area (Å²) in [5.41, 5.74) is 0.936. The topological polar surface area (TPSA) is 155 Å². The molecule has 1 saturated carbocycles. The summed E-state index contributed by atoms with van der Waals surface area (Å²) < 4.78 is 22.1. The molecule has 0 spiro atoms. The molecule has 0 amide bonds. The Morgan fingerprint density at radius 3 is 2.61 bits per heavy atom. The Morgan fingerprint density at radius 2 is 1.96 bits per heavy atom. The van der Waals surface area contributed by atoms with E-state index in [1.807, 2.05) is 0 Å². The van der Waals surface area contributed by atoms with Crippen molar-refractivity contribution in [2.75, 3.05) is 12.1 Å². The minimum Gasteiger partial charge on any atom is -0.463 e. The summed E-state index contributed by atoms with van der Waals surface area (Å²) in [6.45, 7) is -0.230. The second kappa shape index (κ2) is 7.20. The van der Waals surface area contributed by atoms with Gasteiger partial charge >= 0.3 is 23.6 Å². The number of hydrogen-bond donors (Lipinski definition) is 2. The van der Waals surface area contributed by atoms with E-state index in [1.165, 1.54) is 12.3 Å². The molecule has 12 heteroatoms. The number of nitrogens with zero attached hydrogens (tertiary/aromatic N) is 2. The second-order valence-corrected chi connectivity index (χ2v) is 6.75. The van der Waals surface area contributed by atoms with Gasteiger partial charge in [0.05, 0.1) is 0 Å². The van der Waals surface area contributed by atoms with Gasteiger partial charge in [-0.05, 0) is 24.8 Å². The summed E-state index contributed by atoms with van der Waals surface area (Å²) >= 11 is 0. The molecule has 1 aliphatic carbocycles. The molecule has 2 N–H and O–H groups in total. The van der Waals surface area contributed by atoms with Crippen molar-refractivity contribution in [3.8, 4) is 0 Å². The van der Waals surface area contributed by atoms with Crippen LogP contribution in [0.4, 0.5) is 5.82 Å². The van der Waals surface area contributed by atoms with Gasteiger partial charge in [-0.3, -0.25) is 20.0 Å². The monoisotopic (exact) mass is 395 g/mol. The van der Waals surface area contributed by atoms with E-state index in [0.717, 1.165) is 17.4 Å². The van der Waals surface area contributed by atoms with E-state index < -0.39 is 48.1 Å². The molecule has 0 aromatic carbocycles. The minimum atomic E-state index is -1.21. The van der Waals surface area contributed by atoms with Crippen molar-refractivity contribution < 1.29 is 38.5 Å². The van der Waals surface area contributed by atoms with Gasteiger partial charge in [-0.2, -0.15) is 4.98 Å². The highest BCUT2D eigenvalue weighted by atomic mass is 16.7. The molecule has 0 radical (unpaired) electrons. The summed E-state index contributed by atoms with van der Waals surface area (Å²) in [5, 5.41) is 8.83. The molecule has 2 aliphatic heterocycles. The standard InChI is InChI=1S/C16H17N3O9/c20-10(5-7-1-2-7)25-6-8-11-12(28-15(22)14(21)27-11)13(26-8)19-4-3-9(18-24)17-16(19)23/h3-4,7-8,11-13,24H,1-2,5-6H2,(H,17,18,23)/t8-,11?,12?,13-/m1/s1. The number of aromatic nitrogens is 2. The first kappa shape index (κ1) is 18.4. The molecule has 0 bridgehead atoms. The quantitative estimate of drug-likeness (QED) is 0.267. The van der Waals surface area contributed by atoms with Crippen molar-refractivity contribution in [1.29, 1.82) is 0 Å². The lowest BCUT2D eigenvalue weighted by Crippen LogP contribution is -2.48. The molecule has 1 aromatic heterocycles. The zero-order chi connectivity index (χ0) is 19.8. The van der Waals surface area contributed by atoms with Gasteiger partial charge in [-0.1, -0.05) is 0 Å². The van der Waals surface area contributed by atoms with Crippen LogP contribution in [0.25, 0.3) is 0 Å². The summed E-state index contributed by atoms with van der Waals surface area (Å²) in [6.07, 6.45) is -0.705. The molecule has 3 heterocycles. The molecule has 3 aliphatic rings. The van der Waals surface area contributed by atoms with Crippen LogP contribution in [-0.2, 0) is 33.3 Å². The predicted octanol–water partition coefficient (Wildman–Crippen LogP) is -0.878. The Bertz CT molecular complexity index is 865. The Kier molecular flexibility index (Phi) is 4.73. The van der Waals surface area contributed by atoms with Gasteiger partial charge in [0.2, 0.25) is 0 Å². The van der Waals surface area contributed by atoms with Crippen LogP contribution in [0.3, 0.4) is 0 Å². The van der Waals surface area contributed by atoms with Crippen molar-refractivity contribution in [3.05, 3.63) is 22.7 Å². The Balaban J connectivity index is 1.53. The highest BCUT2D eigenvalue weighted by molar-refractivity contribution is 6.30. The zero-order valence-electron chi connectivity index (χ0n) is 14.5. The molecular formula is C16H17N3O9. The summed E-state index contributed by atoms with van der Waals surface area (Å²) in [7, 11) is 0. The van der Waals surface area contributed by atoms with Crippen molar-refractivity contribution >= 4 is 23.7 Å². The summed E-state index contributed by atoms with van der Waals surface area (Å²) in [6, 6.07) is 1.29. The molecular weight excluding hydrogens is 378 g/mol. The average Bonchev–Trinajstić information content (AvgIpc) is 3.42. The number of hydrogen-bond acceptors (Lipinski definition) is 11. The molecule has 2 saturated heterocycles. The van der Waals surface area contributed by atoms with E-state index in [9.17, 15) is 19.2 Å². The fourth-order valence-corrected chi connectivity index (χ4v) is 3.14. The first-order valence-electron chi connectivity index (χ1n) is 8.68. The third-order valence-electron chi connectivity index (χ3n) is 4.72. The molecule has 150 valence electrons. The Hall–Kier alpha value is -2.99. The van der Waals surface area contributed by atoms with Crippen molar-refractivity contribution in [1.82, 2.24) is 9.55 Å². The van der Waals surface area contributed by atoms with Gasteiger partial charge in [0.25, 0.3) is 0 Å².